The van der Waals surface area contributed by atoms with E-state index in [0.717, 1.165) is 29.6 Å². The third kappa shape index (κ3) is 7.81. The van der Waals surface area contributed by atoms with Crippen molar-refractivity contribution in [1.82, 2.24) is 20.5 Å². The minimum absolute atomic E-state index is 0. The van der Waals surface area contributed by atoms with Gasteiger partial charge in [-0.25, -0.2) is 4.98 Å². The second-order valence-electron chi connectivity index (χ2n) is 8.42. The van der Waals surface area contributed by atoms with Gasteiger partial charge in [0, 0.05) is 37.9 Å². The molecule has 2 heterocycles. The fourth-order valence-corrected chi connectivity index (χ4v) is 3.66. The normalized spacial score (nSPS) is 14.9. The molecule has 2 N–H and O–H groups in total. The summed E-state index contributed by atoms with van der Waals surface area (Å²) in [6, 6.07) is 11.3. The number of methoxy groups -OCH3 is 1. The lowest BCUT2D eigenvalue weighted by molar-refractivity contribution is 0.0982. The summed E-state index contributed by atoms with van der Waals surface area (Å²) >= 11 is 0. The zero-order valence-corrected chi connectivity index (χ0v) is 21.9. The van der Waals surface area contributed by atoms with Crippen molar-refractivity contribution in [3.8, 4) is 17.4 Å². The minimum atomic E-state index is 0. The predicted molar refractivity (Wildman–Crippen MR) is 140 cm³/mol. The molecule has 1 fully saturated rings. The number of likely N-dealkylation sites (tertiary alicyclic amines) is 1. The van der Waals surface area contributed by atoms with Crippen LogP contribution in [0.3, 0.4) is 0 Å². The van der Waals surface area contributed by atoms with E-state index in [1.165, 1.54) is 32.4 Å². The van der Waals surface area contributed by atoms with E-state index in [0.29, 0.717) is 12.4 Å². The van der Waals surface area contributed by atoms with E-state index in [1.807, 2.05) is 42.6 Å². The van der Waals surface area contributed by atoms with Crippen molar-refractivity contribution in [1.29, 1.82) is 0 Å². The number of guanidine groups is 1. The fourth-order valence-electron chi connectivity index (χ4n) is 3.66. The smallest absolute Gasteiger partial charge is 0.219 e. The van der Waals surface area contributed by atoms with Crippen LogP contribution in [0.25, 0.3) is 0 Å². The van der Waals surface area contributed by atoms with Gasteiger partial charge in [-0.2, -0.15) is 0 Å². The summed E-state index contributed by atoms with van der Waals surface area (Å²) in [7, 11) is 3.44. The van der Waals surface area contributed by atoms with Crippen LogP contribution < -0.4 is 20.1 Å². The van der Waals surface area contributed by atoms with E-state index >= 15 is 0 Å². The number of hydrogen-bond acceptors (Lipinski definition) is 5. The molecule has 0 aliphatic carbocycles. The first-order valence-corrected chi connectivity index (χ1v) is 11.0. The van der Waals surface area contributed by atoms with Gasteiger partial charge in [-0.05, 0) is 69.6 Å². The van der Waals surface area contributed by atoms with E-state index in [9.17, 15) is 0 Å². The van der Waals surface area contributed by atoms with Crippen LogP contribution in [0.5, 0.6) is 17.4 Å². The Labute approximate surface area is 209 Å². The number of aromatic nitrogens is 1. The first kappa shape index (κ1) is 26.2. The van der Waals surface area contributed by atoms with Gasteiger partial charge < -0.3 is 20.1 Å². The highest BCUT2D eigenvalue weighted by molar-refractivity contribution is 14.0. The Morgan fingerprint density at radius 3 is 2.31 bits per heavy atom. The lowest BCUT2D eigenvalue weighted by Crippen LogP contribution is -2.54. The van der Waals surface area contributed by atoms with Crippen molar-refractivity contribution in [3.63, 3.8) is 0 Å². The first-order chi connectivity index (χ1) is 15.0. The van der Waals surface area contributed by atoms with Crippen molar-refractivity contribution in [2.75, 3.05) is 33.8 Å². The molecule has 0 unspecified atom stereocenters. The van der Waals surface area contributed by atoms with Crippen molar-refractivity contribution in [2.24, 2.45) is 4.99 Å². The van der Waals surface area contributed by atoms with E-state index in [-0.39, 0.29) is 29.5 Å². The number of piperidine rings is 1. The fraction of sp³-hybridized carbons (Fsp3) is 0.500. The highest BCUT2D eigenvalue weighted by Gasteiger charge is 2.27. The number of halogens is 1. The zero-order valence-electron chi connectivity index (χ0n) is 19.6. The van der Waals surface area contributed by atoms with Gasteiger partial charge in [-0.15, -0.1) is 24.0 Å². The highest BCUT2D eigenvalue weighted by Crippen LogP contribution is 2.22. The highest BCUT2D eigenvalue weighted by atomic mass is 127. The lowest BCUT2D eigenvalue weighted by Gasteiger charge is -2.41. The topological polar surface area (TPSA) is 71.0 Å². The average molecular weight is 553 g/mol. The second-order valence-corrected chi connectivity index (χ2v) is 8.42. The number of ether oxygens (including phenoxy) is 2. The van der Waals surface area contributed by atoms with Crippen LogP contribution in [0.1, 0.15) is 38.7 Å². The Morgan fingerprint density at radius 1 is 1.03 bits per heavy atom. The monoisotopic (exact) mass is 553 g/mol. The van der Waals surface area contributed by atoms with Crippen LogP contribution in [-0.2, 0) is 6.54 Å². The van der Waals surface area contributed by atoms with Gasteiger partial charge in [-0.3, -0.25) is 9.89 Å². The van der Waals surface area contributed by atoms with E-state index in [1.54, 1.807) is 14.2 Å². The van der Waals surface area contributed by atoms with Crippen LogP contribution in [-0.4, -0.2) is 55.2 Å². The molecule has 2 aromatic rings. The summed E-state index contributed by atoms with van der Waals surface area (Å²) in [4.78, 5) is 11.3. The largest absolute Gasteiger partial charge is 0.497 e. The summed E-state index contributed by atoms with van der Waals surface area (Å²) in [6.45, 7) is 8.43. The van der Waals surface area contributed by atoms with Gasteiger partial charge in [-0.1, -0.05) is 12.5 Å². The van der Waals surface area contributed by atoms with Crippen molar-refractivity contribution in [2.45, 2.75) is 45.2 Å². The van der Waals surface area contributed by atoms with E-state index in [4.69, 9.17) is 9.47 Å². The molecule has 0 radical (unpaired) electrons. The average Bonchev–Trinajstić information content (AvgIpc) is 2.81. The maximum atomic E-state index is 5.79. The zero-order chi connectivity index (χ0) is 22.1. The SMILES string of the molecule is CN=C(NCc1ccc(Oc2ccc(OC)cc2)nc1)NCC(C)(C)N1CCCCC1.I. The number of nitrogens with zero attached hydrogens (tertiary/aromatic N) is 3. The minimum Gasteiger partial charge on any atom is -0.497 e. The van der Waals surface area contributed by atoms with Gasteiger partial charge in [0.05, 0.1) is 7.11 Å². The third-order valence-electron chi connectivity index (χ3n) is 5.66. The summed E-state index contributed by atoms with van der Waals surface area (Å²) < 4.78 is 10.9. The summed E-state index contributed by atoms with van der Waals surface area (Å²) in [5, 5.41) is 6.84. The van der Waals surface area contributed by atoms with Gasteiger partial charge in [0.1, 0.15) is 11.5 Å². The van der Waals surface area contributed by atoms with E-state index < -0.39 is 0 Å². The molecule has 1 aliphatic rings. The molecule has 32 heavy (non-hydrogen) atoms. The van der Waals surface area contributed by atoms with Gasteiger partial charge in [0.2, 0.25) is 5.88 Å². The molecule has 0 spiro atoms. The number of pyridine rings is 1. The van der Waals surface area contributed by atoms with E-state index in [2.05, 4.69) is 39.4 Å². The van der Waals surface area contributed by atoms with Crippen LogP contribution in [0.2, 0.25) is 0 Å². The number of benzene rings is 1. The molecule has 1 saturated heterocycles. The molecule has 3 rings (SSSR count). The molecule has 176 valence electrons. The molecule has 0 bridgehead atoms. The Balaban J connectivity index is 0.00000363. The molecule has 1 aliphatic heterocycles. The first-order valence-electron chi connectivity index (χ1n) is 11.0. The molecule has 0 amide bonds. The Hall–Kier alpha value is -2.07. The molecule has 7 nitrogen and oxygen atoms in total. The van der Waals surface area contributed by atoms with Gasteiger partial charge in [0.15, 0.2) is 5.96 Å². The maximum absolute atomic E-state index is 5.79. The predicted octanol–water partition coefficient (Wildman–Crippen LogP) is 4.43. The number of hydrogen-bond donors (Lipinski definition) is 2. The molecule has 8 heteroatoms. The number of rotatable bonds is 8. The Bertz CT molecular complexity index is 834. The molecular formula is C24H36IN5O2. The second kappa shape index (κ2) is 12.8. The molecule has 1 aromatic heterocycles. The molecule has 0 saturated carbocycles. The summed E-state index contributed by atoms with van der Waals surface area (Å²) in [5.41, 5.74) is 1.15. The third-order valence-corrected chi connectivity index (χ3v) is 5.66. The van der Waals surface area contributed by atoms with Crippen molar-refractivity contribution >= 4 is 29.9 Å². The lowest BCUT2D eigenvalue weighted by atomic mass is 9.98. The maximum Gasteiger partial charge on any atom is 0.219 e. The van der Waals surface area contributed by atoms with Crippen LogP contribution >= 0.6 is 24.0 Å². The molecule has 0 atom stereocenters. The summed E-state index contributed by atoms with van der Waals surface area (Å²) in [6.07, 6.45) is 5.75. The van der Waals surface area contributed by atoms with Crippen molar-refractivity contribution < 1.29 is 9.47 Å². The number of aliphatic imine (C=N–C) groups is 1. The quantitative estimate of drug-likeness (QED) is 0.287. The molecule has 1 aromatic carbocycles. The van der Waals surface area contributed by atoms with Crippen LogP contribution in [0.15, 0.2) is 47.6 Å². The summed E-state index contributed by atoms with van der Waals surface area (Å²) in [5.74, 6) is 2.87. The van der Waals surface area contributed by atoms with Gasteiger partial charge in [0.25, 0.3) is 0 Å². The Kier molecular flexibility index (Phi) is 10.5. The number of nitrogens with one attached hydrogen (secondary N) is 2. The van der Waals surface area contributed by atoms with Gasteiger partial charge >= 0.3 is 0 Å². The van der Waals surface area contributed by atoms with Crippen LogP contribution in [0.4, 0.5) is 0 Å². The van der Waals surface area contributed by atoms with Crippen molar-refractivity contribution in [3.05, 3.63) is 48.2 Å². The van der Waals surface area contributed by atoms with Crippen LogP contribution in [0, 0.1) is 0 Å². The Morgan fingerprint density at radius 2 is 1.72 bits per heavy atom. The molecular weight excluding hydrogens is 517 g/mol. The standard InChI is InChI=1S/C24H35N5O2.HI/c1-24(2,29-14-6-5-7-15-29)18-28-23(25-3)27-17-19-8-13-22(26-16-19)31-21-11-9-20(30-4)10-12-21;/h8-13,16H,5-7,14-15,17-18H2,1-4H3,(H2,25,27,28);1H.